The lowest BCUT2D eigenvalue weighted by molar-refractivity contribution is 0.0919. The lowest BCUT2D eigenvalue weighted by atomic mass is 10.3. The van der Waals surface area contributed by atoms with E-state index in [1.807, 2.05) is 35.9 Å². The maximum Gasteiger partial charge on any atom is 0.230 e. The zero-order chi connectivity index (χ0) is 21.9. The van der Waals surface area contributed by atoms with Crippen molar-refractivity contribution in [2.24, 2.45) is 0 Å². The first-order valence-electron chi connectivity index (χ1n) is 11.1. The molecule has 0 unspecified atom stereocenters. The van der Waals surface area contributed by atoms with E-state index in [0.717, 1.165) is 73.7 Å². The number of rotatable bonds is 6. The van der Waals surface area contributed by atoms with Crippen molar-refractivity contribution in [1.82, 2.24) is 29.3 Å². The number of hydrogen-bond acceptors (Lipinski definition) is 8. The Kier molecular flexibility index (Phi) is 6.35. The van der Waals surface area contributed by atoms with Gasteiger partial charge < -0.3 is 14.2 Å². The zero-order valence-electron chi connectivity index (χ0n) is 18.4. The number of ether oxygens (including phenoxy) is 1. The van der Waals surface area contributed by atoms with E-state index in [1.54, 1.807) is 0 Å². The van der Waals surface area contributed by atoms with Crippen molar-refractivity contribution in [1.29, 1.82) is 0 Å². The number of nitrogens with zero attached hydrogens (tertiary/aromatic N) is 7. The van der Waals surface area contributed by atoms with Gasteiger partial charge in [-0.2, -0.15) is 0 Å². The van der Waals surface area contributed by atoms with E-state index in [2.05, 4.69) is 36.6 Å². The van der Waals surface area contributed by atoms with Crippen molar-refractivity contribution in [2.75, 3.05) is 57.4 Å². The number of para-hydroxylation sites is 1. The Morgan fingerprint density at radius 3 is 2.38 bits per heavy atom. The topological polar surface area (TPSA) is 67.7 Å². The minimum atomic E-state index is 0.686. The van der Waals surface area contributed by atoms with Crippen LogP contribution in [0.25, 0.3) is 5.69 Å². The van der Waals surface area contributed by atoms with Crippen molar-refractivity contribution < 1.29 is 9.26 Å². The fourth-order valence-corrected chi connectivity index (χ4v) is 4.53. The van der Waals surface area contributed by atoms with E-state index in [0.29, 0.717) is 19.9 Å². The number of hydrogen-bond donors (Lipinski definition) is 0. The van der Waals surface area contributed by atoms with Gasteiger partial charge in [0.1, 0.15) is 0 Å². The highest BCUT2D eigenvalue weighted by atomic mass is 32.1. The van der Waals surface area contributed by atoms with Gasteiger partial charge >= 0.3 is 0 Å². The van der Waals surface area contributed by atoms with Crippen molar-refractivity contribution in [2.45, 2.75) is 20.1 Å². The second-order valence-corrected chi connectivity index (χ2v) is 8.69. The molecule has 0 radical (unpaired) electrons. The van der Waals surface area contributed by atoms with Crippen molar-refractivity contribution >= 4 is 18.2 Å². The second-order valence-electron chi connectivity index (χ2n) is 8.32. The summed E-state index contributed by atoms with van der Waals surface area (Å²) >= 11 is 5.89. The number of morpholine rings is 1. The van der Waals surface area contributed by atoms with Crippen LogP contribution in [0.3, 0.4) is 0 Å². The summed E-state index contributed by atoms with van der Waals surface area (Å²) in [5.41, 5.74) is 1.97. The number of aryl methyl sites for hydroxylation is 1. The number of piperazine rings is 1. The smallest absolute Gasteiger partial charge is 0.230 e. The molecule has 2 aromatic heterocycles. The van der Waals surface area contributed by atoms with Gasteiger partial charge in [0, 0.05) is 45.3 Å². The molecule has 3 aromatic rings. The Bertz CT molecular complexity index is 1080. The minimum Gasteiger partial charge on any atom is -0.378 e. The highest BCUT2D eigenvalue weighted by Crippen LogP contribution is 2.21. The Labute approximate surface area is 192 Å². The molecular formula is C22H29N7O2S. The lowest BCUT2D eigenvalue weighted by Gasteiger charge is -2.33. The molecule has 0 aliphatic carbocycles. The largest absolute Gasteiger partial charge is 0.378 e. The molecular weight excluding hydrogens is 426 g/mol. The number of aromatic nitrogens is 4. The highest BCUT2D eigenvalue weighted by Gasteiger charge is 2.23. The Hall–Kier alpha value is -2.53. The van der Waals surface area contributed by atoms with Gasteiger partial charge in [0.25, 0.3) is 0 Å². The third kappa shape index (κ3) is 4.63. The predicted molar refractivity (Wildman–Crippen MR) is 124 cm³/mol. The highest BCUT2D eigenvalue weighted by molar-refractivity contribution is 7.71. The first-order valence-corrected chi connectivity index (χ1v) is 11.5. The molecule has 4 heterocycles. The van der Waals surface area contributed by atoms with Gasteiger partial charge in [0.2, 0.25) is 10.7 Å². The standard InChI is InChI=1S/C22H29N7O2S/c1-18-15-20(31-24-18)16-25-7-9-26(10-8-25)17-28-22(32)29(19-5-3-2-4-6-19)21(23-28)27-11-13-30-14-12-27/h2-6,15H,7-14,16-17H2,1H3. The molecule has 0 amide bonds. The normalized spacial score (nSPS) is 18.3. The summed E-state index contributed by atoms with van der Waals surface area (Å²) < 4.78 is 15.7. The molecule has 2 saturated heterocycles. The molecule has 9 nitrogen and oxygen atoms in total. The molecule has 2 aliphatic rings. The summed E-state index contributed by atoms with van der Waals surface area (Å²) in [4.78, 5) is 7.07. The molecule has 2 fully saturated rings. The fourth-order valence-electron chi connectivity index (χ4n) is 4.25. The van der Waals surface area contributed by atoms with Crippen LogP contribution in [0.4, 0.5) is 5.95 Å². The molecule has 2 aliphatic heterocycles. The average Bonchev–Trinajstić information content (AvgIpc) is 3.39. The summed E-state index contributed by atoms with van der Waals surface area (Å²) in [5, 5.41) is 8.95. The molecule has 0 spiro atoms. The second kappa shape index (κ2) is 9.53. The summed E-state index contributed by atoms with van der Waals surface area (Å²) in [7, 11) is 0. The zero-order valence-corrected chi connectivity index (χ0v) is 19.2. The first-order chi connectivity index (χ1) is 15.7. The van der Waals surface area contributed by atoms with Crippen LogP contribution in [0.15, 0.2) is 40.9 Å². The fraction of sp³-hybridized carbons (Fsp3) is 0.500. The molecule has 5 rings (SSSR count). The van der Waals surface area contributed by atoms with E-state index in [4.69, 9.17) is 26.6 Å². The number of anilines is 1. The lowest BCUT2D eigenvalue weighted by Crippen LogP contribution is -2.46. The summed E-state index contributed by atoms with van der Waals surface area (Å²) in [6, 6.07) is 12.3. The monoisotopic (exact) mass is 455 g/mol. The molecule has 170 valence electrons. The van der Waals surface area contributed by atoms with Crippen LogP contribution in [0.2, 0.25) is 0 Å². The quantitative estimate of drug-likeness (QED) is 0.525. The van der Waals surface area contributed by atoms with Crippen LogP contribution in [0.5, 0.6) is 0 Å². The van der Waals surface area contributed by atoms with Crippen LogP contribution in [-0.2, 0) is 18.0 Å². The van der Waals surface area contributed by atoms with Crippen LogP contribution < -0.4 is 4.90 Å². The summed E-state index contributed by atoms with van der Waals surface area (Å²) in [5.74, 6) is 1.82. The molecule has 0 bridgehead atoms. The molecule has 32 heavy (non-hydrogen) atoms. The van der Waals surface area contributed by atoms with Gasteiger partial charge in [-0.25, -0.2) is 4.68 Å². The van der Waals surface area contributed by atoms with E-state index in [9.17, 15) is 0 Å². The van der Waals surface area contributed by atoms with Gasteiger partial charge in [-0.05, 0) is 31.3 Å². The van der Waals surface area contributed by atoms with Crippen LogP contribution >= 0.6 is 12.2 Å². The maximum atomic E-state index is 5.89. The average molecular weight is 456 g/mol. The van der Waals surface area contributed by atoms with Gasteiger partial charge in [-0.1, -0.05) is 23.4 Å². The van der Waals surface area contributed by atoms with E-state index < -0.39 is 0 Å². The predicted octanol–water partition coefficient (Wildman–Crippen LogP) is 2.31. The Morgan fingerprint density at radius 2 is 1.69 bits per heavy atom. The van der Waals surface area contributed by atoms with Crippen molar-refractivity contribution in [3.05, 3.63) is 52.6 Å². The van der Waals surface area contributed by atoms with Crippen LogP contribution in [-0.4, -0.2) is 81.8 Å². The molecule has 10 heteroatoms. The minimum absolute atomic E-state index is 0.686. The number of benzene rings is 1. The van der Waals surface area contributed by atoms with E-state index >= 15 is 0 Å². The van der Waals surface area contributed by atoms with Crippen molar-refractivity contribution in [3.8, 4) is 5.69 Å². The Balaban J connectivity index is 1.31. The van der Waals surface area contributed by atoms with Gasteiger partial charge in [0.15, 0.2) is 5.76 Å². The van der Waals surface area contributed by atoms with Gasteiger partial charge in [-0.3, -0.25) is 14.4 Å². The Morgan fingerprint density at radius 1 is 0.969 bits per heavy atom. The summed E-state index contributed by atoms with van der Waals surface area (Å²) in [6.07, 6.45) is 0. The molecule has 1 aromatic carbocycles. The van der Waals surface area contributed by atoms with E-state index in [-0.39, 0.29) is 0 Å². The third-order valence-corrected chi connectivity index (χ3v) is 6.38. The van der Waals surface area contributed by atoms with Crippen molar-refractivity contribution in [3.63, 3.8) is 0 Å². The third-order valence-electron chi connectivity index (χ3n) is 5.99. The maximum absolute atomic E-state index is 5.89. The summed E-state index contributed by atoms with van der Waals surface area (Å²) in [6.45, 7) is 10.4. The molecule has 0 saturated carbocycles. The van der Waals surface area contributed by atoms with E-state index in [1.165, 1.54) is 0 Å². The van der Waals surface area contributed by atoms with Crippen LogP contribution in [0, 0.1) is 11.7 Å². The van der Waals surface area contributed by atoms with Crippen LogP contribution in [0.1, 0.15) is 11.5 Å². The molecule has 0 atom stereocenters. The van der Waals surface area contributed by atoms with Gasteiger partial charge in [-0.15, -0.1) is 5.10 Å². The first kappa shape index (κ1) is 21.3. The van der Waals surface area contributed by atoms with Gasteiger partial charge in [0.05, 0.1) is 37.8 Å². The SMILES string of the molecule is Cc1cc(CN2CCN(Cn3nc(N4CCOCC4)n(-c4ccccc4)c3=S)CC2)on1. The molecule has 0 N–H and O–H groups in total.